The van der Waals surface area contributed by atoms with Crippen LogP contribution in [-0.2, 0) is 6.61 Å². The summed E-state index contributed by atoms with van der Waals surface area (Å²) in [5, 5.41) is 5.41. The van der Waals surface area contributed by atoms with Crippen LogP contribution in [0.2, 0.25) is 5.02 Å². The summed E-state index contributed by atoms with van der Waals surface area (Å²) in [6.45, 7) is 4.28. The first-order chi connectivity index (χ1) is 13.0. The minimum Gasteiger partial charge on any atom is -0.493 e. The number of rotatable bonds is 6. The van der Waals surface area contributed by atoms with Gasteiger partial charge >= 0.3 is 0 Å². The lowest BCUT2D eigenvalue weighted by Gasteiger charge is -2.10. The fourth-order valence-corrected chi connectivity index (χ4v) is 3.50. The Morgan fingerprint density at radius 1 is 1.11 bits per heavy atom. The third-order valence-corrected chi connectivity index (χ3v) is 5.25. The van der Waals surface area contributed by atoms with Crippen LogP contribution in [0.3, 0.4) is 0 Å². The lowest BCUT2D eigenvalue weighted by Crippen LogP contribution is -2.11. The van der Waals surface area contributed by atoms with Crippen molar-refractivity contribution in [2.75, 3.05) is 12.4 Å². The Kier molecular flexibility index (Phi) is 6.04. The first kappa shape index (κ1) is 19.3. The topological polar surface area (TPSA) is 47.6 Å². The van der Waals surface area contributed by atoms with Crippen molar-refractivity contribution in [3.8, 4) is 11.5 Å². The molecule has 0 aliphatic carbocycles. The predicted molar refractivity (Wildman–Crippen MR) is 111 cm³/mol. The Morgan fingerprint density at radius 2 is 1.93 bits per heavy atom. The molecule has 6 heteroatoms. The molecular weight excluding hydrogens is 382 g/mol. The molecule has 0 unspecified atom stereocenters. The van der Waals surface area contributed by atoms with E-state index in [0.29, 0.717) is 33.7 Å². The lowest BCUT2D eigenvalue weighted by atomic mass is 10.2. The number of benzene rings is 2. The highest BCUT2D eigenvalue weighted by molar-refractivity contribution is 7.12. The van der Waals surface area contributed by atoms with E-state index in [9.17, 15) is 4.79 Å². The Hall–Kier alpha value is -2.50. The van der Waals surface area contributed by atoms with Gasteiger partial charge in [0, 0.05) is 16.3 Å². The van der Waals surface area contributed by atoms with Crippen LogP contribution in [0, 0.1) is 13.8 Å². The van der Waals surface area contributed by atoms with Gasteiger partial charge in [-0.05, 0) is 60.7 Å². The van der Waals surface area contributed by atoms with Gasteiger partial charge in [-0.3, -0.25) is 4.79 Å². The molecule has 4 nitrogen and oxygen atoms in total. The van der Waals surface area contributed by atoms with Crippen molar-refractivity contribution in [2.24, 2.45) is 0 Å². The van der Waals surface area contributed by atoms with Crippen molar-refractivity contribution >= 4 is 34.5 Å². The van der Waals surface area contributed by atoms with E-state index in [-0.39, 0.29) is 5.91 Å². The second-order valence-corrected chi connectivity index (χ2v) is 7.52. The van der Waals surface area contributed by atoms with E-state index >= 15 is 0 Å². The molecule has 27 heavy (non-hydrogen) atoms. The zero-order valence-electron chi connectivity index (χ0n) is 15.3. The maximum atomic E-state index is 12.5. The summed E-state index contributed by atoms with van der Waals surface area (Å²) in [5.74, 6) is 1.21. The summed E-state index contributed by atoms with van der Waals surface area (Å²) in [5.41, 5.74) is 3.70. The van der Waals surface area contributed by atoms with E-state index in [2.05, 4.69) is 5.32 Å². The maximum Gasteiger partial charge on any atom is 0.265 e. The van der Waals surface area contributed by atoms with E-state index in [1.54, 1.807) is 19.2 Å². The van der Waals surface area contributed by atoms with E-state index in [1.165, 1.54) is 11.3 Å². The molecule has 1 heterocycles. The van der Waals surface area contributed by atoms with Gasteiger partial charge in [-0.25, -0.2) is 0 Å². The molecule has 0 saturated carbocycles. The quantitative estimate of drug-likeness (QED) is 0.562. The van der Waals surface area contributed by atoms with Crippen molar-refractivity contribution in [3.63, 3.8) is 0 Å². The molecule has 1 amide bonds. The average Bonchev–Trinajstić information content (AvgIpc) is 3.12. The molecule has 3 rings (SSSR count). The predicted octanol–water partition coefficient (Wildman–Crippen LogP) is 5.86. The monoisotopic (exact) mass is 401 g/mol. The van der Waals surface area contributed by atoms with Crippen LogP contribution in [0.15, 0.2) is 47.8 Å². The Morgan fingerprint density at radius 3 is 2.70 bits per heavy atom. The van der Waals surface area contributed by atoms with Crippen LogP contribution in [0.25, 0.3) is 0 Å². The molecule has 0 aliphatic rings. The molecule has 0 spiro atoms. The molecule has 2 aromatic carbocycles. The second-order valence-electron chi connectivity index (χ2n) is 6.18. The zero-order valence-corrected chi connectivity index (χ0v) is 16.9. The fraction of sp³-hybridized carbons (Fsp3) is 0.190. The molecule has 0 fully saturated rings. The van der Waals surface area contributed by atoms with E-state index in [4.69, 9.17) is 21.1 Å². The molecule has 0 bridgehead atoms. The van der Waals surface area contributed by atoms with Gasteiger partial charge in [0.2, 0.25) is 0 Å². The van der Waals surface area contributed by atoms with Crippen molar-refractivity contribution in [2.45, 2.75) is 20.5 Å². The molecule has 0 atom stereocenters. The molecule has 0 radical (unpaired) electrons. The lowest BCUT2D eigenvalue weighted by molar-refractivity contribution is 0.103. The van der Waals surface area contributed by atoms with Crippen molar-refractivity contribution in [3.05, 3.63) is 74.4 Å². The highest BCUT2D eigenvalue weighted by Crippen LogP contribution is 2.29. The molecule has 0 aliphatic heterocycles. The third kappa shape index (κ3) is 4.81. The van der Waals surface area contributed by atoms with Gasteiger partial charge < -0.3 is 14.8 Å². The van der Waals surface area contributed by atoms with E-state index in [0.717, 1.165) is 16.7 Å². The average molecular weight is 402 g/mol. The summed E-state index contributed by atoms with van der Waals surface area (Å²) in [6, 6.07) is 13.0. The third-order valence-electron chi connectivity index (χ3n) is 4.04. The number of carbonyl (C=O) groups is 1. The van der Waals surface area contributed by atoms with Crippen LogP contribution in [0.4, 0.5) is 5.69 Å². The van der Waals surface area contributed by atoms with Gasteiger partial charge in [-0.2, -0.15) is 0 Å². The Balaban J connectivity index is 1.66. The number of halogens is 1. The van der Waals surface area contributed by atoms with E-state index < -0.39 is 0 Å². The second kappa shape index (κ2) is 8.46. The van der Waals surface area contributed by atoms with E-state index in [1.807, 2.05) is 49.6 Å². The molecule has 3 aromatic rings. The van der Waals surface area contributed by atoms with Crippen LogP contribution < -0.4 is 14.8 Å². The largest absolute Gasteiger partial charge is 0.493 e. The number of amides is 1. The molecule has 1 aromatic heterocycles. The molecule has 1 N–H and O–H groups in total. The highest BCUT2D eigenvalue weighted by atomic mass is 35.5. The number of ether oxygens (including phenoxy) is 2. The maximum absolute atomic E-state index is 12.5. The van der Waals surface area contributed by atoms with Crippen molar-refractivity contribution in [1.82, 2.24) is 0 Å². The standard InChI is InChI=1S/C21H20ClNO3S/c1-13-4-7-18(19(8-13)25-3)26-11-15-9-20(27-12-15)21(24)23-17-10-16(22)6-5-14(17)2/h4-10,12H,11H2,1-3H3,(H,23,24). The van der Waals surface area contributed by atoms with Crippen LogP contribution >= 0.6 is 22.9 Å². The van der Waals surface area contributed by atoms with Crippen molar-refractivity contribution in [1.29, 1.82) is 0 Å². The summed E-state index contributed by atoms with van der Waals surface area (Å²) < 4.78 is 11.2. The van der Waals surface area contributed by atoms with Crippen LogP contribution in [0.1, 0.15) is 26.4 Å². The minimum atomic E-state index is -0.162. The number of aryl methyl sites for hydroxylation is 2. The Labute approximate surface area is 167 Å². The molecule has 0 saturated heterocycles. The van der Waals surface area contributed by atoms with Gasteiger partial charge in [-0.1, -0.05) is 23.7 Å². The molecule has 140 valence electrons. The van der Waals surface area contributed by atoms with Gasteiger partial charge in [0.05, 0.1) is 12.0 Å². The number of nitrogens with one attached hydrogen (secondary N) is 1. The Bertz CT molecular complexity index is 968. The van der Waals surface area contributed by atoms with Gasteiger partial charge in [0.1, 0.15) is 6.61 Å². The fourth-order valence-electron chi connectivity index (χ4n) is 2.54. The number of hydrogen-bond donors (Lipinski definition) is 1. The summed E-state index contributed by atoms with van der Waals surface area (Å²) in [7, 11) is 1.62. The number of carbonyl (C=O) groups excluding carboxylic acids is 1. The summed E-state index contributed by atoms with van der Waals surface area (Å²) in [6.07, 6.45) is 0. The number of methoxy groups -OCH3 is 1. The van der Waals surface area contributed by atoms with Crippen LogP contribution in [-0.4, -0.2) is 13.0 Å². The summed E-state index contributed by atoms with van der Waals surface area (Å²) in [4.78, 5) is 13.1. The normalized spacial score (nSPS) is 10.5. The highest BCUT2D eigenvalue weighted by Gasteiger charge is 2.12. The molecular formula is C21H20ClNO3S. The van der Waals surface area contributed by atoms with Gasteiger partial charge in [-0.15, -0.1) is 11.3 Å². The minimum absolute atomic E-state index is 0.162. The smallest absolute Gasteiger partial charge is 0.265 e. The van der Waals surface area contributed by atoms with Crippen molar-refractivity contribution < 1.29 is 14.3 Å². The van der Waals surface area contributed by atoms with Crippen LogP contribution in [0.5, 0.6) is 11.5 Å². The zero-order chi connectivity index (χ0) is 19.4. The first-order valence-corrected chi connectivity index (χ1v) is 9.64. The number of anilines is 1. The first-order valence-electron chi connectivity index (χ1n) is 8.38. The SMILES string of the molecule is COc1cc(C)ccc1OCc1csc(C(=O)Nc2cc(Cl)ccc2C)c1. The summed E-state index contributed by atoms with van der Waals surface area (Å²) >= 11 is 7.39. The van der Waals surface area contributed by atoms with Gasteiger partial charge in [0.15, 0.2) is 11.5 Å². The number of thiophene rings is 1. The van der Waals surface area contributed by atoms with Gasteiger partial charge in [0.25, 0.3) is 5.91 Å². The number of hydrogen-bond acceptors (Lipinski definition) is 4.